The zero-order valence-electron chi connectivity index (χ0n) is 12.2. The number of benzene rings is 2. The Kier molecular flexibility index (Phi) is 4.73. The molecule has 5 nitrogen and oxygen atoms in total. The van der Waals surface area contributed by atoms with E-state index in [-0.39, 0.29) is 0 Å². The number of anilines is 4. The summed E-state index contributed by atoms with van der Waals surface area (Å²) in [5, 5.41) is 14.8. The molecule has 0 saturated carbocycles. The quantitative estimate of drug-likeness (QED) is 0.650. The maximum absolute atomic E-state index is 6.12. The first-order chi connectivity index (χ1) is 11.1. The van der Waals surface area contributed by atoms with Crippen molar-refractivity contribution in [3.63, 3.8) is 0 Å². The standard InChI is InChI=1S/C16H13BrClN5/c1-10-8-11(17)6-7-13(10)20-15-9-19-23-16(22-15)21-14-5-3-2-4-12(14)18/h2-9H,1H3,(H2,20,21,22,23). The number of aryl methyl sites for hydroxylation is 1. The van der Waals surface area contributed by atoms with E-state index in [1.165, 1.54) is 0 Å². The van der Waals surface area contributed by atoms with E-state index < -0.39 is 0 Å². The molecule has 3 aromatic rings. The van der Waals surface area contributed by atoms with Gasteiger partial charge >= 0.3 is 0 Å². The predicted octanol–water partition coefficient (Wildman–Crippen LogP) is 5.08. The van der Waals surface area contributed by atoms with Gasteiger partial charge in [0, 0.05) is 10.2 Å². The first-order valence-electron chi connectivity index (χ1n) is 6.86. The molecule has 0 saturated heterocycles. The molecule has 2 aromatic carbocycles. The molecule has 1 aromatic heterocycles. The molecule has 2 N–H and O–H groups in total. The highest BCUT2D eigenvalue weighted by Crippen LogP contribution is 2.25. The maximum Gasteiger partial charge on any atom is 0.249 e. The Labute approximate surface area is 147 Å². The van der Waals surface area contributed by atoms with Gasteiger partial charge in [-0.1, -0.05) is 39.7 Å². The molecular formula is C16H13BrClN5. The van der Waals surface area contributed by atoms with Crippen LogP contribution in [0.2, 0.25) is 5.02 Å². The zero-order chi connectivity index (χ0) is 16.2. The summed E-state index contributed by atoms with van der Waals surface area (Å²) in [6.45, 7) is 2.02. The lowest BCUT2D eigenvalue weighted by molar-refractivity contribution is 0.982. The van der Waals surface area contributed by atoms with Crippen LogP contribution in [0.5, 0.6) is 0 Å². The fourth-order valence-corrected chi connectivity index (χ4v) is 2.66. The van der Waals surface area contributed by atoms with Gasteiger partial charge in [-0.2, -0.15) is 10.1 Å². The van der Waals surface area contributed by atoms with Crippen molar-refractivity contribution in [2.75, 3.05) is 10.6 Å². The fourth-order valence-electron chi connectivity index (χ4n) is 2.01. The first-order valence-corrected chi connectivity index (χ1v) is 8.03. The summed E-state index contributed by atoms with van der Waals surface area (Å²) in [4.78, 5) is 4.40. The second kappa shape index (κ2) is 6.93. The highest BCUT2D eigenvalue weighted by atomic mass is 79.9. The zero-order valence-corrected chi connectivity index (χ0v) is 14.6. The van der Waals surface area contributed by atoms with Crippen molar-refractivity contribution in [1.29, 1.82) is 0 Å². The van der Waals surface area contributed by atoms with Crippen LogP contribution < -0.4 is 10.6 Å². The van der Waals surface area contributed by atoms with Gasteiger partial charge in [0.05, 0.1) is 16.9 Å². The number of hydrogen-bond acceptors (Lipinski definition) is 5. The summed E-state index contributed by atoms with van der Waals surface area (Å²) in [5.74, 6) is 0.970. The van der Waals surface area contributed by atoms with Crippen molar-refractivity contribution < 1.29 is 0 Å². The smallest absolute Gasteiger partial charge is 0.249 e. The first kappa shape index (κ1) is 15.7. The normalized spacial score (nSPS) is 10.4. The molecule has 0 aliphatic carbocycles. The van der Waals surface area contributed by atoms with E-state index in [9.17, 15) is 0 Å². The number of nitrogens with zero attached hydrogens (tertiary/aromatic N) is 3. The van der Waals surface area contributed by atoms with Gasteiger partial charge in [0.25, 0.3) is 0 Å². The highest BCUT2D eigenvalue weighted by molar-refractivity contribution is 9.10. The van der Waals surface area contributed by atoms with Gasteiger partial charge in [-0.15, -0.1) is 5.10 Å². The Bertz CT molecular complexity index is 840. The van der Waals surface area contributed by atoms with Crippen molar-refractivity contribution in [3.8, 4) is 0 Å². The minimum atomic E-state index is 0.373. The number of aromatic nitrogens is 3. The van der Waals surface area contributed by atoms with Crippen LogP contribution in [0.15, 0.2) is 53.1 Å². The summed E-state index contributed by atoms with van der Waals surface area (Å²) in [6.07, 6.45) is 1.57. The fraction of sp³-hybridized carbons (Fsp3) is 0.0625. The second-order valence-corrected chi connectivity index (χ2v) is 6.18. The van der Waals surface area contributed by atoms with Crippen molar-refractivity contribution in [2.24, 2.45) is 0 Å². The van der Waals surface area contributed by atoms with E-state index in [1.807, 2.05) is 43.3 Å². The van der Waals surface area contributed by atoms with Crippen LogP contribution in [0.1, 0.15) is 5.56 Å². The number of halogens is 2. The number of para-hydroxylation sites is 1. The van der Waals surface area contributed by atoms with Crippen LogP contribution in [0.25, 0.3) is 0 Å². The Morgan fingerprint density at radius 1 is 1.04 bits per heavy atom. The van der Waals surface area contributed by atoms with Gasteiger partial charge in [-0.25, -0.2) is 0 Å². The van der Waals surface area contributed by atoms with E-state index in [4.69, 9.17) is 11.6 Å². The third-order valence-electron chi connectivity index (χ3n) is 3.13. The van der Waals surface area contributed by atoms with Gasteiger partial charge in [0.15, 0.2) is 5.82 Å². The summed E-state index contributed by atoms with van der Waals surface area (Å²) >= 11 is 9.57. The average molecular weight is 391 g/mol. The summed E-state index contributed by atoms with van der Waals surface area (Å²) < 4.78 is 1.03. The Morgan fingerprint density at radius 3 is 2.65 bits per heavy atom. The molecule has 0 radical (unpaired) electrons. The highest BCUT2D eigenvalue weighted by Gasteiger charge is 2.05. The van der Waals surface area contributed by atoms with Crippen LogP contribution in [0.4, 0.5) is 23.1 Å². The minimum Gasteiger partial charge on any atom is -0.339 e. The van der Waals surface area contributed by atoms with Crippen molar-refractivity contribution in [1.82, 2.24) is 15.2 Å². The van der Waals surface area contributed by atoms with Crippen molar-refractivity contribution >= 4 is 50.7 Å². The van der Waals surface area contributed by atoms with Crippen LogP contribution in [-0.2, 0) is 0 Å². The summed E-state index contributed by atoms with van der Waals surface area (Å²) in [6, 6.07) is 13.4. The molecule has 0 aliphatic heterocycles. The van der Waals surface area contributed by atoms with E-state index in [0.29, 0.717) is 16.8 Å². The Hall–Kier alpha value is -2.18. The second-order valence-electron chi connectivity index (χ2n) is 4.85. The molecule has 0 aliphatic rings. The molecule has 0 unspecified atom stereocenters. The van der Waals surface area contributed by atoms with E-state index >= 15 is 0 Å². The summed E-state index contributed by atoms with van der Waals surface area (Å²) in [5.41, 5.74) is 2.78. The summed E-state index contributed by atoms with van der Waals surface area (Å²) in [7, 11) is 0. The SMILES string of the molecule is Cc1cc(Br)ccc1Nc1cnnc(Nc2ccccc2Cl)n1. The average Bonchev–Trinajstić information content (AvgIpc) is 2.53. The molecule has 0 fully saturated rings. The van der Waals surface area contributed by atoms with Crippen LogP contribution in [0.3, 0.4) is 0 Å². The van der Waals surface area contributed by atoms with Crippen LogP contribution >= 0.6 is 27.5 Å². The molecule has 116 valence electrons. The lowest BCUT2D eigenvalue weighted by Crippen LogP contribution is -2.03. The molecule has 0 amide bonds. The van der Waals surface area contributed by atoms with Crippen LogP contribution in [0, 0.1) is 6.92 Å². The molecule has 3 rings (SSSR count). The van der Waals surface area contributed by atoms with Gasteiger partial charge in [0.1, 0.15) is 0 Å². The lowest BCUT2D eigenvalue weighted by atomic mass is 10.2. The largest absolute Gasteiger partial charge is 0.339 e. The maximum atomic E-state index is 6.12. The third-order valence-corrected chi connectivity index (χ3v) is 3.95. The number of hydrogen-bond donors (Lipinski definition) is 2. The molecule has 1 heterocycles. The monoisotopic (exact) mass is 389 g/mol. The van der Waals surface area contributed by atoms with Crippen LogP contribution in [-0.4, -0.2) is 15.2 Å². The van der Waals surface area contributed by atoms with Gasteiger partial charge < -0.3 is 10.6 Å². The Balaban J connectivity index is 1.81. The van der Waals surface area contributed by atoms with Gasteiger partial charge in [-0.05, 0) is 42.8 Å². The molecule has 0 atom stereocenters. The number of rotatable bonds is 4. The van der Waals surface area contributed by atoms with E-state index in [0.717, 1.165) is 21.4 Å². The lowest BCUT2D eigenvalue weighted by Gasteiger charge is -2.10. The molecular weight excluding hydrogens is 378 g/mol. The molecule has 23 heavy (non-hydrogen) atoms. The van der Waals surface area contributed by atoms with Gasteiger partial charge in [-0.3, -0.25) is 0 Å². The van der Waals surface area contributed by atoms with Crippen molar-refractivity contribution in [3.05, 3.63) is 63.7 Å². The van der Waals surface area contributed by atoms with E-state index in [2.05, 4.69) is 41.7 Å². The topological polar surface area (TPSA) is 62.7 Å². The third kappa shape index (κ3) is 3.97. The molecule has 7 heteroatoms. The van der Waals surface area contributed by atoms with Crippen molar-refractivity contribution in [2.45, 2.75) is 6.92 Å². The predicted molar refractivity (Wildman–Crippen MR) is 96.7 cm³/mol. The Morgan fingerprint density at radius 2 is 1.87 bits per heavy atom. The van der Waals surface area contributed by atoms with Gasteiger partial charge in [0.2, 0.25) is 5.95 Å². The molecule has 0 bridgehead atoms. The van der Waals surface area contributed by atoms with E-state index in [1.54, 1.807) is 12.3 Å². The minimum absolute atomic E-state index is 0.373. The number of nitrogens with one attached hydrogen (secondary N) is 2. The molecule has 0 spiro atoms.